The molecule has 1 aromatic heterocycles. The van der Waals surface area contributed by atoms with Crippen LogP contribution in [0.25, 0.3) is 0 Å². The van der Waals surface area contributed by atoms with Gasteiger partial charge in [0.1, 0.15) is 17.2 Å². The number of likely N-dealkylation sites (tertiary alicyclic amines) is 1. The minimum atomic E-state index is -3.48. The Morgan fingerprint density at radius 1 is 0.981 bits per heavy atom. The second kappa shape index (κ2) is 15.2. The Morgan fingerprint density at radius 3 is 2.17 bits per heavy atom. The maximum absolute atomic E-state index is 15.1. The maximum Gasteiger partial charge on any atom is 0.287 e. The summed E-state index contributed by atoms with van der Waals surface area (Å²) in [6.07, 6.45) is 10.2. The highest BCUT2D eigenvalue weighted by Crippen LogP contribution is 2.42. The van der Waals surface area contributed by atoms with Crippen molar-refractivity contribution in [1.82, 2.24) is 25.2 Å². The maximum atomic E-state index is 15.1. The van der Waals surface area contributed by atoms with Gasteiger partial charge in [0, 0.05) is 31.2 Å². The van der Waals surface area contributed by atoms with Crippen LogP contribution in [0.1, 0.15) is 126 Å². The average Bonchev–Trinajstić information content (AvgIpc) is 3.77. The summed E-state index contributed by atoms with van der Waals surface area (Å²) < 4.78 is 25.6. The Labute approximate surface area is 305 Å². The largest absolute Gasteiger partial charge is 0.384 e. The van der Waals surface area contributed by atoms with Gasteiger partial charge >= 0.3 is 0 Å². The van der Waals surface area contributed by atoms with Crippen molar-refractivity contribution in [2.45, 2.75) is 132 Å². The zero-order valence-corrected chi connectivity index (χ0v) is 31.4. The first-order chi connectivity index (χ1) is 24.3. The van der Waals surface area contributed by atoms with E-state index in [1.807, 2.05) is 0 Å². The number of amides is 3. The van der Waals surface area contributed by atoms with Gasteiger partial charge in [0.05, 0.1) is 28.2 Å². The molecule has 3 fully saturated rings. The number of nitrogens with zero attached hydrogens (tertiary/aromatic N) is 4. The summed E-state index contributed by atoms with van der Waals surface area (Å²) in [6.45, 7) is 4.94. The first kappa shape index (κ1) is 39.2. The quantitative estimate of drug-likeness (QED) is 0.202. The number of hydrogen-bond acceptors (Lipinski definition) is 10. The number of carbonyl (C=O) groups is 5. The standard InChI is InChI=1S/C37H52N6O8S/c1-35(2,49)30-22-39-41-43(30)26-19-28(33(47)40-37(31(45)32(38)46)17-9-6-10-18-37)42(23-26)34(48)36(3,20-24-11-7-5-8-12-24)21-29(44)25-13-15-27(16-14-25)52(4,50)51/h13-16,22,24,26,28,49H,5-12,17-21,23H2,1-4H3,(H2,38,46)(H,40,47)/t26-,28-,36?/m0/s1. The third-order valence-corrected chi connectivity index (χ3v) is 12.4. The second-order valence-electron chi connectivity index (χ2n) is 16.0. The Morgan fingerprint density at radius 2 is 1.60 bits per heavy atom. The first-order valence-electron chi connectivity index (χ1n) is 18.3. The fourth-order valence-electron chi connectivity index (χ4n) is 8.49. The molecular formula is C37H52N6O8S. The van der Waals surface area contributed by atoms with E-state index in [0.29, 0.717) is 25.0 Å². The van der Waals surface area contributed by atoms with Crippen molar-refractivity contribution in [1.29, 1.82) is 0 Å². The second-order valence-corrected chi connectivity index (χ2v) is 18.0. The molecule has 2 aliphatic carbocycles. The zero-order chi connectivity index (χ0) is 38.1. The lowest BCUT2D eigenvalue weighted by atomic mass is 9.71. The van der Waals surface area contributed by atoms with Gasteiger partial charge in [0.25, 0.3) is 5.91 Å². The van der Waals surface area contributed by atoms with Crippen LogP contribution in [0, 0.1) is 11.3 Å². The molecule has 5 rings (SSSR count). The molecule has 2 heterocycles. The number of Topliss-reactive ketones (excluding diaryl/α,β-unsaturated/α-hetero) is 2. The van der Waals surface area contributed by atoms with Crippen LogP contribution in [0.2, 0.25) is 0 Å². The molecule has 2 aromatic rings. The molecule has 3 atom stereocenters. The highest BCUT2D eigenvalue weighted by molar-refractivity contribution is 7.90. The summed E-state index contributed by atoms with van der Waals surface area (Å²) in [5.74, 6) is -3.20. The monoisotopic (exact) mass is 740 g/mol. The van der Waals surface area contributed by atoms with E-state index < -0.39 is 62.0 Å². The molecule has 3 aliphatic rings. The van der Waals surface area contributed by atoms with Crippen molar-refractivity contribution in [3.63, 3.8) is 0 Å². The van der Waals surface area contributed by atoms with Crippen LogP contribution in [-0.2, 0) is 34.6 Å². The van der Waals surface area contributed by atoms with E-state index in [4.69, 9.17) is 5.73 Å². The molecule has 1 saturated heterocycles. The first-order valence-corrected chi connectivity index (χ1v) is 20.2. The fourth-order valence-corrected chi connectivity index (χ4v) is 9.12. The molecule has 14 nitrogen and oxygen atoms in total. The smallest absolute Gasteiger partial charge is 0.287 e. The summed E-state index contributed by atoms with van der Waals surface area (Å²) in [7, 11) is -3.48. The van der Waals surface area contributed by atoms with Crippen molar-refractivity contribution >= 4 is 39.1 Å². The van der Waals surface area contributed by atoms with Crippen molar-refractivity contribution in [2.24, 2.45) is 17.1 Å². The van der Waals surface area contributed by atoms with Gasteiger partial charge < -0.3 is 21.1 Å². The molecule has 284 valence electrons. The van der Waals surface area contributed by atoms with Crippen LogP contribution in [0.3, 0.4) is 0 Å². The summed E-state index contributed by atoms with van der Waals surface area (Å²) in [4.78, 5) is 70.4. The van der Waals surface area contributed by atoms with Gasteiger partial charge in [0.15, 0.2) is 15.6 Å². The highest BCUT2D eigenvalue weighted by atomic mass is 32.2. The van der Waals surface area contributed by atoms with Crippen LogP contribution in [0.15, 0.2) is 35.4 Å². The number of sulfone groups is 1. The van der Waals surface area contributed by atoms with E-state index in [1.165, 1.54) is 40.0 Å². The van der Waals surface area contributed by atoms with E-state index in [2.05, 4.69) is 15.6 Å². The third-order valence-electron chi connectivity index (χ3n) is 11.3. The number of nitrogens with two attached hydrogens (primary N) is 1. The number of aliphatic hydroxyl groups is 1. The minimum Gasteiger partial charge on any atom is -0.384 e. The molecule has 1 aliphatic heterocycles. The number of primary amides is 1. The molecule has 3 amide bonds. The van der Waals surface area contributed by atoms with Crippen LogP contribution >= 0.6 is 0 Å². The summed E-state index contributed by atoms with van der Waals surface area (Å²) in [5.41, 5.74) is 2.03. The Hall–Kier alpha value is -3.98. The van der Waals surface area contributed by atoms with Crippen LogP contribution in [-0.4, -0.2) is 87.1 Å². The molecular weight excluding hydrogens is 689 g/mol. The van der Waals surface area contributed by atoms with E-state index >= 15 is 4.79 Å². The molecule has 52 heavy (non-hydrogen) atoms. The number of rotatable bonds is 13. The van der Waals surface area contributed by atoms with Crippen molar-refractivity contribution < 1.29 is 37.5 Å². The lowest BCUT2D eigenvalue weighted by Crippen LogP contribution is -2.62. The highest BCUT2D eigenvalue weighted by Gasteiger charge is 2.51. The van der Waals surface area contributed by atoms with Crippen molar-refractivity contribution in [3.8, 4) is 0 Å². The molecule has 15 heteroatoms. The molecule has 4 N–H and O–H groups in total. The van der Waals surface area contributed by atoms with Gasteiger partial charge in [0.2, 0.25) is 17.6 Å². The molecule has 1 aromatic carbocycles. The predicted molar refractivity (Wildman–Crippen MR) is 190 cm³/mol. The Kier molecular flexibility index (Phi) is 11.4. The summed E-state index contributed by atoms with van der Waals surface area (Å²) in [6, 6.07) is 3.97. The molecule has 1 unspecified atom stereocenters. The third kappa shape index (κ3) is 8.46. The number of hydrogen-bond donors (Lipinski definition) is 3. The topological polar surface area (TPSA) is 212 Å². The van der Waals surface area contributed by atoms with E-state index in [0.717, 1.165) is 44.8 Å². The average molecular weight is 741 g/mol. The Balaban J connectivity index is 1.52. The van der Waals surface area contributed by atoms with Crippen LogP contribution in [0.5, 0.6) is 0 Å². The van der Waals surface area contributed by atoms with E-state index in [9.17, 15) is 32.7 Å². The molecule has 0 radical (unpaired) electrons. The number of benzene rings is 1. The number of aromatic nitrogens is 3. The number of carbonyl (C=O) groups excluding carboxylic acids is 5. The normalized spacial score (nSPS) is 22.4. The van der Waals surface area contributed by atoms with Gasteiger partial charge in [-0.05, 0) is 51.2 Å². The fraction of sp³-hybridized carbons (Fsp3) is 0.649. The van der Waals surface area contributed by atoms with Gasteiger partial charge in [-0.25, -0.2) is 13.1 Å². The lowest BCUT2D eigenvalue weighted by molar-refractivity contribution is -0.149. The zero-order valence-electron chi connectivity index (χ0n) is 30.6. The number of ketones is 2. The van der Waals surface area contributed by atoms with Crippen LogP contribution in [0.4, 0.5) is 0 Å². The van der Waals surface area contributed by atoms with E-state index in [1.54, 1.807) is 20.8 Å². The summed E-state index contributed by atoms with van der Waals surface area (Å²) in [5, 5.41) is 22.0. The SMILES string of the molecule is CC(CC(=O)c1ccc(S(C)(=O)=O)cc1)(CC1CCCCC1)C(=O)N1C[C@@H](n2nncc2C(C)(C)O)C[C@H]1C(=O)NC1(C(=O)C(N)=O)CCCCC1. The van der Waals surface area contributed by atoms with E-state index in [-0.39, 0.29) is 54.4 Å². The molecule has 2 saturated carbocycles. The van der Waals surface area contributed by atoms with Crippen molar-refractivity contribution in [2.75, 3.05) is 12.8 Å². The predicted octanol–water partition coefficient (Wildman–Crippen LogP) is 3.17. The number of nitrogens with one attached hydrogen (secondary N) is 1. The van der Waals surface area contributed by atoms with Crippen LogP contribution < -0.4 is 11.1 Å². The summed E-state index contributed by atoms with van der Waals surface area (Å²) >= 11 is 0. The molecule has 0 bridgehead atoms. The van der Waals surface area contributed by atoms with Gasteiger partial charge in [-0.2, -0.15) is 0 Å². The molecule has 0 spiro atoms. The Bertz CT molecular complexity index is 1790. The van der Waals surface area contributed by atoms with Gasteiger partial charge in [-0.15, -0.1) is 5.10 Å². The minimum absolute atomic E-state index is 0.0115. The van der Waals surface area contributed by atoms with Gasteiger partial charge in [-0.1, -0.05) is 75.6 Å². The lowest BCUT2D eigenvalue weighted by Gasteiger charge is -2.40. The van der Waals surface area contributed by atoms with Crippen molar-refractivity contribution in [3.05, 3.63) is 41.7 Å². The van der Waals surface area contributed by atoms with Gasteiger partial charge in [-0.3, -0.25) is 24.0 Å².